The lowest BCUT2D eigenvalue weighted by Crippen LogP contribution is -2.22. The van der Waals surface area contributed by atoms with E-state index in [0.717, 1.165) is 0 Å². The van der Waals surface area contributed by atoms with Gasteiger partial charge in [0, 0.05) is 13.5 Å². The Morgan fingerprint density at radius 1 is 1.50 bits per heavy atom. The maximum atomic E-state index is 10.8. The maximum Gasteiger partial charge on any atom is 0.223 e. The van der Waals surface area contributed by atoms with Crippen LogP contribution in [0.15, 0.2) is 37.1 Å². The molecule has 0 aromatic heterocycles. The molecule has 2 heteroatoms. The Hall–Kier alpha value is -1.31. The average molecular weight is 165 g/mol. The molecule has 0 aromatic carbocycles. The highest BCUT2D eigenvalue weighted by Crippen LogP contribution is 1.90. The molecular weight excluding hydrogens is 150 g/mol. The summed E-state index contributed by atoms with van der Waals surface area (Å²) < 4.78 is 0. The molecule has 0 bridgehead atoms. The van der Waals surface area contributed by atoms with Gasteiger partial charge in [0.25, 0.3) is 0 Å². The molecule has 2 nitrogen and oxygen atoms in total. The Balaban J connectivity index is 3.88. The molecule has 66 valence electrons. The van der Waals surface area contributed by atoms with Crippen LogP contribution in [0.1, 0.15) is 13.8 Å². The zero-order chi connectivity index (χ0) is 9.40. The third kappa shape index (κ3) is 4.50. The van der Waals surface area contributed by atoms with Gasteiger partial charge in [0.1, 0.15) is 0 Å². The quantitative estimate of drug-likeness (QED) is 0.584. The maximum absolute atomic E-state index is 10.8. The van der Waals surface area contributed by atoms with Crippen molar-refractivity contribution in [3.8, 4) is 0 Å². The van der Waals surface area contributed by atoms with Gasteiger partial charge in [0.05, 0.1) is 0 Å². The van der Waals surface area contributed by atoms with E-state index in [1.165, 1.54) is 13.1 Å². The van der Waals surface area contributed by atoms with Crippen molar-refractivity contribution in [3.05, 3.63) is 37.1 Å². The number of nitrogens with zero attached hydrogens (tertiary/aromatic N) is 1. The Kier molecular flexibility index (Phi) is 5.70. The molecule has 0 unspecified atom stereocenters. The molecule has 0 saturated carbocycles. The zero-order valence-corrected chi connectivity index (χ0v) is 7.66. The van der Waals surface area contributed by atoms with Crippen molar-refractivity contribution in [2.45, 2.75) is 13.8 Å². The minimum absolute atomic E-state index is 0.00938. The SMILES string of the molecule is C=CN(C/C=C/C=C/C)C(C)=O. The molecular formula is C10H15NO. The fraction of sp³-hybridized carbons (Fsp3) is 0.300. The lowest BCUT2D eigenvalue weighted by Gasteiger charge is -2.11. The predicted octanol–water partition coefficient (Wildman–Crippen LogP) is 2.11. The molecule has 0 radical (unpaired) electrons. The number of carbonyl (C=O) groups excluding carboxylic acids is 1. The van der Waals surface area contributed by atoms with Crippen LogP contribution in [-0.4, -0.2) is 17.4 Å². The van der Waals surface area contributed by atoms with Crippen molar-refractivity contribution in [3.63, 3.8) is 0 Å². The van der Waals surface area contributed by atoms with Gasteiger partial charge in [-0.05, 0) is 13.1 Å². The summed E-state index contributed by atoms with van der Waals surface area (Å²) in [6.45, 7) is 7.58. The van der Waals surface area contributed by atoms with Crippen LogP contribution < -0.4 is 0 Å². The molecule has 0 N–H and O–H groups in total. The Morgan fingerprint density at radius 3 is 2.58 bits per heavy atom. The van der Waals surface area contributed by atoms with Crippen molar-refractivity contribution >= 4 is 5.91 Å². The summed E-state index contributed by atoms with van der Waals surface area (Å²) in [5.41, 5.74) is 0. The molecule has 0 rings (SSSR count). The van der Waals surface area contributed by atoms with E-state index >= 15 is 0 Å². The highest BCUT2D eigenvalue weighted by atomic mass is 16.2. The van der Waals surface area contributed by atoms with Crippen LogP contribution in [0.25, 0.3) is 0 Å². The number of carbonyl (C=O) groups is 1. The lowest BCUT2D eigenvalue weighted by atomic mass is 10.4. The summed E-state index contributed by atoms with van der Waals surface area (Å²) >= 11 is 0. The van der Waals surface area contributed by atoms with Crippen LogP contribution in [0.2, 0.25) is 0 Å². The molecule has 0 atom stereocenters. The molecule has 0 aliphatic rings. The van der Waals surface area contributed by atoms with Crippen LogP contribution in [0, 0.1) is 0 Å². The van der Waals surface area contributed by atoms with Crippen LogP contribution in [0.4, 0.5) is 0 Å². The fourth-order valence-corrected chi connectivity index (χ4v) is 0.696. The average Bonchev–Trinajstić information content (AvgIpc) is 2.04. The van der Waals surface area contributed by atoms with Gasteiger partial charge >= 0.3 is 0 Å². The van der Waals surface area contributed by atoms with Gasteiger partial charge in [-0.2, -0.15) is 0 Å². The van der Waals surface area contributed by atoms with Crippen LogP contribution in [0.3, 0.4) is 0 Å². The number of amides is 1. The summed E-state index contributed by atoms with van der Waals surface area (Å²) in [5.74, 6) is 0.00938. The van der Waals surface area contributed by atoms with Gasteiger partial charge in [-0.25, -0.2) is 0 Å². The molecule has 0 fully saturated rings. The molecule has 0 saturated heterocycles. The molecule has 0 aromatic rings. The number of rotatable bonds is 4. The highest BCUT2D eigenvalue weighted by molar-refractivity contribution is 5.74. The van der Waals surface area contributed by atoms with Crippen molar-refractivity contribution in [1.29, 1.82) is 0 Å². The minimum atomic E-state index is 0.00938. The monoisotopic (exact) mass is 165 g/mol. The second-order valence-corrected chi connectivity index (χ2v) is 2.31. The Morgan fingerprint density at radius 2 is 2.17 bits per heavy atom. The summed E-state index contributed by atoms with van der Waals surface area (Å²) in [4.78, 5) is 12.4. The first-order valence-corrected chi connectivity index (χ1v) is 3.90. The predicted molar refractivity (Wildman–Crippen MR) is 51.5 cm³/mol. The second kappa shape index (κ2) is 6.40. The summed E-state index contributed by atoms with van der Waals surface area (Å²) in [6.07, 6.45) is 9.19. The first kappa shape index (κ1) is 10.7. The standard InChI is InChI=1S/C10H15NO/c1-4-6-7-8-9-11(5-2)10(3)12/h4-8H,2,9H2,1,3H3/b6-4+,8-7+. The van der Waals surface area contributed by atoms with E-state index in [9.17, 15) is 4.79 Å². The molecule has 0 aliphatic carbocycles. The van der Waals surface area contributed by atoms with E-state index < -0.39 is 0 Å². The van der Waals surface area contributed by atoms with E-state index in [2.05, 4.69) is 6.58 Å². The van der Waals surface area contributed by atoms with Crippen molar-refractivity contribution in [2.24, 2.45) is 0 Å². The molecule has 0 heterocycles. The number of hydrogen-bond donors (Lipinski definition) is 0. The summed E-state index contributed by atoms with van der Waals surface area (Å²) in [5, 5.41) is 0. The van der Waals surface area contributed by atoms with Crippen LogP contribution in [0.5, 0.6) is 0 Å². The topological polar surface area (TPSA) is 20.3 Å². The Labute approximate surface area is 73.9 Å². The number of allylic oxidation sites excluding steroid dienone is 3. The fourth-order valence-electron chi connectivity index (χ4n) is 0.696. The van der Waals surface area contributed by atoms with E-state index in [1.807, 2.05) is 31.2 Å². The van der Waals surface area contributed by atoms with Crippen molar-refractivity contribution < 1.29 is 4.79 Å². The van der Waals surface area contributed by atoms with E-state index in [4.69, 9.17) is 0 Å². The summed E-state index contributed by atoms with van der Waals surface area (Å²) in [6, 6.07) is 0. The highest BCUT2D eigenvalue weighted by Gasteiger charge is 1.98. The second-order valence-electron chi connectivity index (χ2n) is 2.31. The van der Waals surface area contributed by atoms with E-state index in [-0.39, 0.29) is 5.91 Å². The van der Waals surface area contributed by atoms with Crippen molar-refractivity contribution in [2.75, 3.05) is 6.54 Å². The van der Waals surface area contributed by atoms with Gasteiger partial charge in [0.15, 0.2) is 0 Å². The molecule has 0 spiro atoms. The van der Waals surface area contributed by atoms with E-state index in [1.54, 1.807) is 4.90 Å². The first-order valence-electron chi connectivity index (χ1n) is 3.90. The first-order chi connectivity index (χ1) is 5.72. The van der Waals surface area contributed by atoms with Crippen molar-refractivity contribution in [1.82, 2.24) is 4.90 Å². The van der Waals surface area contributed by atoms with Gasteiger partial charge in [-0.15, -0.1) is 0 Å². The third-order valence-corrected chi connectivity index (χ3v) is 1.37. The smallest absolute Gasteiger partial charge is 0.223 e. The lowest BCUT2D eigenvalue weighted by molar-refractivity contribution is -0.125. The molecule has 0 aliphatic heterocycles. The largest absolute Gasteiger partial charge is 0.316 e. The third-order valence-electron chi connectivity index (χ3n) is 1.37. The van der Waals surface area contributed by atoms with Crippen LogP contribution in [-0.2, 0) is 4.79 Å². The van der Waals surface area contributed by atoms with Gasteiger partial charge in [0.2, 0.25) is 5.91 Å². The molecule has 1 amide bonds. The minimum Gasteiger partial charge on any atom is -0.316 e. The number of hydrogen-bond acceptors (Lipinski definition) is 1. The van der Waals surface area contributed by atoms with Crippen LogP contribution >= 0.6 is 0 Å². The zero-order valence-electron chi connectivity index (χ0n) is 7.66. The molecule has 12 heavy (non-hydrogen) atoms. The van der Waals surface area contributed by atoms with Gasteiger partial charge in [-0.3, -0.25) is 4.79 Å². The van der Waals surface area contributed by atoms with Gasteiger partial charge in [-0.1, -0.05) is 30.9 Å². The van der Waals surface area contributed by atoms with E-state index in [0.29, 0.717) is 6.54 Å². The summed E-state index contributed by atoms with van der Waals surface area (Å²) in [7, 11) is 0. The normalized spacial score (nSPS) is 10.8. The van der Waals surface area contributed by atoms with Gasteiger partial charge < -0.3 is 4.90 Å². The Bertz CT molecular complexity index is 204.